The number of anilines is 1. The molecule has 0 amide bonds. The summed E-state index contributed by atoms with van der Waals surface area (Å²) >= 11 is 0. The van der Waals surface area contributed by atoms with Gasteiger partial charge in [-0.1, -0.05) is 5.16 Å². The minimum absolute atomic E-state index is 0.0980. The molecule has 0 aliphatic carbocycles. The van der Waals surface area contributed by atoms with Crippen molar-refractivity contribution in [2.24, 2.45) is 10.9 Å². The van der Waals surface area contributed by atoms with Crippen LogP contribution in [0.15, 0.2) is 11.2 Å². The summed E-state index contributed by atoms with van der Waals surface area (Å²) in [5.41, 5.74) is 9.19. The third kappa shape index (κ3) is 3.44. The normalized spacial score (nSPS) is 19.0. The van der Waals surface area contributed by atoms with Crippen molar-refractivity contribution in [2.75, 3.05) is 24.6 Å². The molecule has 1 aromatic rings. The SMILES string of the molecule is CCN(CC1CCCO1)c1cc(C)nc(C)c1/C(N)=N/O. The first kappa shape index (κ1) is 15.6. The number of oxime groups is 1. The van der Waals surface area contributed by atoms with Crippen LogP contribution in [0.1, 0.15) is 36.7 Å². The Morgan fingerprint density at radius 1 is 1.57 bits per heavy atom. The summed E-state index contributed by atoms with van der Waals surface area (Å²) in [7, 11) is 0. The van der Waals surface area contributed by atoms with E-state index in [0.29, 0.717) is 5.56 Å². The first-order valence-electron chi connectivity index (χ1n) is 7.39. The van der Waals surface area contributed by atoms with Crippen LogP contribution >= 0.6 is 0 Å². The average Bonchev–Trinajstić information content (AvgIpc) is 2.96. The van der Waals surface area contributed by atoms with Gasteiger partial charge in [0.1, 0.15) is 0 Å². The van der Waals surface area contributed by atoms with Crippen molar-refractivity contribution < 1.29 is 9.94 Å². The minimum atomic E-state index is 0.0980. The van der Waals surface area contributed by atoms with Gasteiger partial charge in [-0.05, 0) is 39.7 Å². The minimum Gasteiger partial charge on any atom is -0.409 e. The number of nitrogens with zero attached hydrogens (tertiary/aromatic N) is 3. The number of likely N-dealkylation sites (N-methyl/N-ethyl adjacent to an activating group) is 1. The van der Waals surface area contributed by atoms with Crippen LogP contribution in [-0.2, 0) is 4.74 Å². The molecular weight excluding hydrogens is 268 g/mol. The van der Waals surface area contributed by atoms with Crippen molar-refractivity contribution in [3.63, 3.8) is 0 Å². The summed E-state index contributed by atoms with van der Waals surface area (Å²) < 4.78 is 5.73. The number of rotatable bonds is 5. The topological polar surface area (TPSA) is 84.0 Å². The molecule has 0 spiro atoms. The molecule has 21 heavy (non-hydrogen) atoms. The van der Waals surface area contributed by atoms with E-state index >= 15 is 0 Å². The molecule has 6 nitrogen and oxygen atoms in total. The lowest BCUT2D eigenvalue weighted by molar-refractivity contribution is 0.115. The number of hydrogen-bond acceptors (Lipinski definition) is 5. The fourth-order valence-corrected chi connectivity index (χ4v) is 2.86. The predicted octanol–water partition coefficient (Wildman–Crippen LogP) is 1.80. The van der Waals surface area contributed by atoms with Crippen molar-refractivity contribution in [1.29, 1.82) is 0 Å². The zero-order valence-electron chi connectivity index (χ0n) is 13.0. The number of hydrogen-bond donors (Lipinski definition) is 2. The number of ether oxygens (including phenoxy) is 1. The summed E-state index contributed by atoms with van der Waals surface area (Å²) in [5.74, 6) is 0.0980. The molecule has 1 aliphatic heterocycles. The number of amidine groups is 1. The molecule has 2 heterocycles. The predicted molar refractivity (Wildman–Crippen MR) is 83.1 cm³/mol. The maximum atomic E-state index is 9.04. The van der Waals surface area contributed by atoms with E-state index in [2.05, 4.69) is 22.0 Å². The van der Waals surface area contributed by atoms with Gasteiger partial charge in [0, 0.05) is 25.4 Å². The summed E-state index contributed by atoms with van der Waals surface area (Å²) in [6.45, 7) is 8.40. The quantitative estimate of drug-likeness (QED) is 0.374. The molecule has 116 valence electrons. The van der Waals surface area contributed by atoms with E-state index in [1.54, 1.807) is 0 Å². The van der Waals surface area contributed by atoms with Gasteiger partial charge in [-0.25, -0.2) is 0 Å². The van der Waals surface area contributed by atoms with Gasteiger partial charge < -0.3 is 20.6 Å². The maximum Gasteiger partial charge on any atom is 0.174 e. The second-order valence-corrected chi connectivity index (χ2v) is 5.40. The Balaban J connectivity index is 2.38. The van der Waals surface area contributed by atoms with Crippen molar-refractivity contribution in [2.45, 2.75) is 39.7 Å². The van der Waals surface area contributed by atoms with Gasteiger partial charge >= 0.3 is 0 Å². The third-order valence-electron chi connectivity index (χ3n) is 3.84. The Bertz CT molecular complexity index is 525. The van der Waals surface area contributed by atoms with Gasteiger partial charge in [0.2, 0.25) is 0 Å². The molecule has 1 atom stereocenters. The number of pyridine rings is 1. The van der Waals surface area contributed by atoms with Crippen LogP contribution in [0.3, 0.4) is 0 Å². The Morgan fingerprint density at radius 2 is 2.33 bits per heavy atom. The highest BCUT2D eigenvalue weighted by molar-refractivity contribution is 6.03. The second kappa shape index (κ2) is 6.76. The van der Waals surface area contributed by atoms with Crippen molar-refractivity contribution in [1.82, 2.24) is 4.98 Å². The first-order chi connectivity index (χ1) is 10.1. The highest BCUT2D eigenvalue weighted by atomic mass is 16.5. The van der Waals surface area contributed by atoms with E-state index in [0.717, 1.165) is 49.6 Å². The molecule has 1 aromatic heterocycles. The average molecular weight is 292 g/mol. The Morgan fingerprint density at radius 3 is 2.90 bits per heavy atom. The highest BCUT2D eigenvalue weighted by Crippen LogP contribution is 2.26. The zero-order valence-corrected chi connectivity index (χ0v) is 13.0. The molecule has 0 radical (unpaired) electrons. The van der Waals surface area contributed by atoms with E-state index in [9.17, 15) is 0 Å². The molecule has 0 aromatic carbocycles. The van der Waals surface area contributed by atoms with Gasteiger partial charge in [-0.3, -0.25) is 4.98 Å². The lowest BCUT2D eigenvalue weighted by Crippen LogP contribution is -2.34. The Hall–Kier alpha value is -1.82. The third-order valence-corrected chi connectivity index (χ3v) is 3.84. The molecule has 1 unspecified atom stereocenters. The molecule has 2 rings (SSSR count). The van der Waals surface area contributed by atoms with Crippen LogP contribution in [0.5, 0.6) is 0 Å². The van der Waals surface area contributed by atoms with Crippen LogP contribution in [0.2, 0.25) is 0 Å². The van der Waals surface area contributed by atoms with Gasteiger partial charge in [-0.15, -0.1) is 0 Å². The summed E-state index contributed by atoms with van der Waals surface area (Å²) in [6, 6.07) is 1.98. The van der Waals surface area contributed by atoms with E-state index in [1.807, 2.05) is 19.9 Å². The smallest absolute Gasteiger partial charge is 0.174 e. The fourth-order valence-electron chi connectivity index (χ4n) is 2.86. The molecule has 1 aliphatic rings. The first-order valence-corrected chi connectivity index (χ1v) is 7.39. The Kier molecular flexibility index (Phi) is 5.01. The van der Waals surface area contributed by atoms with Crippen molar-refractivity contribution in [3.8, 4) is 0 Å². The maximum absolute atomic E-state index is 9.04. The fraction of sp³-hybridized carbons (Fsp3) is 0.600. The standard InChI is InChI=1S/C15H24N4O2/c1-4-19(9-12-6-5-7-21-12)13-8-10(2)17-11(3)14(13)15(16)18-20/h8,12,20H,4-7,9H2,1-3H3,(H2,16,18). The van der Waals surface area contributed by atoms with E-state index in [-0.39, 0.29) is 11.9 Å². The summed E-state index contributed by atoms with van der Waals surface area (Å²) in [5, 5.41) is 12.2. The van der Waals surface area contributed by atoms with Gasteiger partial charge in [0.05, 0.1) is 23.0 Å². The highest BCUT2D eigenvalue weighted by Gasteiger charge is 2.22. The number of aryl methyl sites for hydroxylation is 2. The van der Waals surface area contributed by atoms with E-state index in [1.165, 1.54) is 0 Å². The van der Waals surface area contributed by atoms with Crippen molar-refractivity contribution >= 4 is 11.5 Å². The summed E-state index contributed by atoms with van der Waals surface area (Å²) in [4.78, 5) is 6.64. The van der Waals surface area contributed by atoms with Crippen LogP contribution in [-0.4, -0.2) is 41.8 Å². The second-order valence-electron chi connectivity index (χ2n) is 5.40. The number of nitrogens with two attached hydrogens (primary N) is 1. The van der Waals surface area contributed by atoms with Crippen LogP contribution in [0, 0.1) is 13.8 Å². The zero-order chi connectivity index (χ0) is 15.4. The molecule has 1 fully saturated rings. The molecule has 6 heteroatoms. The molecule has 0 saturated carbocycles. The number of aromatic nitrogens is 1. The monoisotopic (exact) mass is 292 g/mol. The van der Waals surface area contributed by atoms with Crippen molar-refractivity contribution in [3.05, 3.63) is 23.0 Å². The largest absolute Gasteiger partial charge is 0.409 e. The van der Waals surface area contributed by atoms with Crippen LogP contribution in [0.4, 0.5) is 5.69 Å². The molecule has 1 saturated heterocycles. The Labute approximate surface area is 125 Å². The molecule has 3 N–H and O–H groups in total. The van der Waals surface area contributed by atoms with Crippen LogP contribution in [0.25, 0.3) is 0 Å². The van der Waals surface area contributed by atoms with E-state index < -0.39 is 0 Å². The molecular formula is C15H24N4O2. The van der Waals surface area contributed by atoms with Gasteiger partial charge in [-0.2, -0.15) is 0 Å². The van der Waals surface area contributed by atoms with Crippen LogP contribution < -0.4 is 10.6 Å². The van der Waals surface area contributed by atoms with Gasteiger partial charge in [0.25, 0.3) is 0 Å². The molecule has 0 bridgehead atoms. The summed E-state index contributed by atoms with van der Waals surface area (Å²) in [6.07, 6.45) is 2.45. The van der Waals surface area contributed by atoms with E-state index in [4.69, 9.17) is 15.7 Å². The lowest BCUT2D eigenvalue weighted by Gasteiger charge is -2.28. The lowest BCUT2D eigenvalue weighted by atomic mass is 10.1. The van der Waals surface area contributed by atoms with Gasteiger partial charge in [0.15, 0.2) is 5.84 Å².